The van der Waals surface area contributed by atoms with E-state index in [0.29, 0.717) is 13.0 Å². The first-order valence-corrected chi connectivity index (χ1v) is 5.39. The molecule has 6 heteroatoms. The molecule has 1 rings (SSSR count). The quantitative estimate of drug-likeness (QED) is 0.669. The van der Waals surface area contributed by atoms with Crippen molar-refractivity contribution in [2.75, 3.05) is 13.2 Å². The molecule has 17 heavy (non-hydrogen) atoms. The lowest BCUT2D eigenvalue weighted by Gasteiger charge is -2.23. The summed E-state index contributed by atoms with van der Waals surface area (Å²) in [4.78, 5) is 22.4. The molecule has 0 saturated carbocycles. The Bertz CT molecular complexity index is 419. The van der Waals surface area contributed by atoms with Crippen LogP contribution in [0.3, 0.4) is 0 Å². The number of carbonyl (C=O) groups is 1. The molecule has 1 heterocycles. The summed E-state index contributed by atoms with van der Waals surface area (Å²) in [6.45, 7) is 4.42. The molecule has 6 nitrogen and oxygen atoms in total. The number of amides is 1. The van der Waals surface area contributed by atoms with E-state index in [1.54, 1.807) is 0 Å². The molecule has 1 aromatic rings. The number of aliphatic hydroxyl groups excluding tert-OH is 1. The first kappa shape index (κ1) is 13.4. The van der Waals surface area contributed by atoms with Crippen LogP contribution in [0.15, 0.2) is 16.9 Å². The minimum absolute atomic E-state index is 0.0831. The van der Waals surface area contributed by atoms with Gasteiger partial charge in [0.1, 0.15) is 5.69 Å². The van der Waals surface area contributed by atoms with E-state index in [0.717, 1.165) is 0 Å². The van der Waals surface area contributed by atoms with Gasteiger partial charge in [-0.2, -0.15) is 5.10 Å². The van der Waals surface area contributed by atoms with Crippen LogP contribution < -0.4 is 10.9 Å². The standard InChI is InChI=1S/C11H17N3O3/c1-11(2,5-6-15)7-12-10(17)8-3-4-9(16)14-13-8/h3-4,15H,5-7H2,1-2H3,(H,12,17)(H,14,16). The van der Waals surface area contributed by atoms with Gasteiger partial charge in [-0.15, -0.1) is 0 Å². The van der Waals surface area contributed by atoms with Gasteiger partial charge >= 0.3 is 0 Å². The molecule has 0 fully saturated rings. The average Bonchev–Trinajstić information content (AvgIpc) is 2.27. The fourth-order valence-corrected chi connectivity index (χ4v) is 1.27. The van der Waals surface area contributed by atoms with Crippen LogP contribution in [-0.4, -0.2) is 34.4 Å². The molecule has 0 spiro atoms. The number of rotatable bonds is 5. The van der Waals surface area contributed by atoms with Gasteiger partial charge in [0.15, 0.2) is 0 Å². The van der Waals surface area contributed by atoms with Crippen molar-refractivity contribution in [3.63, 3.8) is 0 Å². The van der Waals surface area contributed by atoms with Crippen LogP contribution in [0.25, 0.3) is 0 Å². The van der Waals surface area contributed by atoms with Gasteiger partial charge in [-0.25, -0.2) is 5.10 Å². The number of hydrogen-bond acceptors (Lipinski definition) is 4. The molecule has 1 aromatic heterocycles. The Morgan fingerprint density at radius 3 is 2.76 bits per heavy atom. The van der Waals surface area contributed by atoms with Crippen molar-refractivity contribution in [3.8, 4) is 0 Å². The van der Waals surface area contributed by atoms with Crippen LogP contribution in [0.4, 0.5) is 0 Å². The number of nitrogens with zero attached hydrogens (tertiary/aromatic N) is 1. The summed E-state index contributed by atoms with van der Waals surface area (Å²) in [5.41, 5.74) is -0.348. The Morgan fingerprint density at radius 2 is 2.24 bits per heavy atom. The second-order valence-corrected chi connectivity index (χ2v) is 4.63. The van der Waals surface area contributed by atoms with Crippen LogP contribution in [-0.2, 0) is 0 Å². The zero-order chi connectivity index (χ0) is 12.9. The molecule has 1 amide bonds. The summed E-state index contributed by atoms with van der Waals surface area (Å²) in [5.74, 6) is -0.340. The summed E-state index contributed by atoms with van der Waals surface area (Å²) in [6, 6.07) is 2.62. The number of hydrogen-bond donors (Lipinski definition) is 3. The van der Waals surface area contributed by atoms with E-state index in [9.17, 15) is 9.59 Å². The van der Waals surface area contributed by atoms with Crippen molar-refractivity contribution in [1.29, 1.82) is 0 Å². The lowest BCUT2D eigenvalue weighted by Crippen LogP contribution is -2.35. The Labute approximate surface area is 99.1 Å². The normalized spacial score (nSPS) is 11.2. The minimum Gasteiger partial charge on any atom is -0.396 e. The monoisotopic (exact) mass is 239 g/mol. The first-order valence-electron chi connectivity index (χ1n) is 5.39. The predicted octanol–water partition coefficient (Wildman–Crippen LogP) is -0.0917. The highest BCUT2D eigenvalue weighted by atomic mass is 16.3. The van der Waals surface area contributed by atoms with E-state index >= 15 is 0 Å². The van der Waals surface area contributed by atoms with Gasteiger partial charge < -0.3 is 10.4 Å². The number of aromatic amines is 1. The summed E-state index contributed by atoms with van der Waals surface area (Å²) < 4.78 is 0. The van der Waals surface area contributed by atoms with E-state index in [2.05, 4.69) is 15.5 Å². The molecule has 0 bridgehead atoms. The molecule has 0 aliphatic carbocycles. The molecule has 3 N–H and O–H groups in total. The molecule has 0 atom stereocenters. The van der Waals surface area contributed by atoms with Gasteiger partial charge in [0, 0.05) is 19.2 Å². The smallest absolute Gasteiger partial charge is 0.271 e. The SMILES string of the molecule is CC(C)(CCO)CNC(=O)c1ccc(=O)[nH]n1. The van der Waals surface area contributed by atoms with Crippen LogP contribution in [0, 0.1) is 5.41 Å². The first-order chi connectivity index (χ1) is 7.94. The second kappa shape index (κ2) is 5.58. The molecular formula is C11H17N3O3. The van der Waals surface area contributed by atoms with Gasteiger partial charge in [-0.1, -0.05) is 13.8 Å². The lowest BCUT2D eigenvalue weighted by molar-refractivity contribution is 0.0922. The highest BCUT2D eigenvalue weighted by molar-refractivity contribution is 5.91. The van der Waals surface area contributed by atoms with E-state index in [1.807, 2.05) is 13.8 Å². The molecule has 0 unspecified atom stereocenters. The summed E-state index contributed by atoms with van der Waals surface area (Å²) >= 11 is 0. The molecule has 0 aliphatic rings. The van der Waals surface area contributed by atoms with Crippen LogP contribution >= 0.6 is 0 Å². The molecule has 94 valence electrons. The van der Waals surface area contributed by atoms with E-state index in [-0.39, 0.29) is 29.2 Å². The number of aromatic nitrogens is 2. The van der Waals surface area contributed by atoms with Crippen LogP contribution in [0.2, 0.25) is 0 Å². The molecule has 0 aliphatic heterocycles. The van der Waals surface area contributed by atoms with Crippen LogP contribution in [0.1, 0.15) is 30.8 Å². The number of nitrogens with one attached hydrogen (secondary N) is 2. The van der Waals surface area contributed by atoms with Crippen molar-refractivity contribution in [2.45, 2.75) is 20.3 Å². The Kier molecular flexibility index (Phi) is 4.39. The van der Waals surface area contributed by atoms with Gasteiger partial charge in [-0.05, 0) is 17.9 Å². The minimum atomic E-state index is -0.345. The van der Waals surface area contributed by atoms with Crippen LogP contribution in [0.5, 0.6) is 0 Å². The molecular weight excluding hydrogens is 222 g/mol. The van der Waals surface area contributed by atoms with Crippen molar-refractivity contribution >= 4 is 5.91 Å². The Morgan fingerprint density at radius 1 is 1.53 bits per heavy atom. The summed E-state index contributed by atoms with van der Waals surface area (Å²) in [7, 11) is 0. The molecule has 0 radical (unpaired) electrons. The number of aliphatic hydroxyl groups is 1. The lowest BCUT2D eigenvalue weighted by atomic mass is 9.90. The third-order valence-electron chi connectivity index (χ3n) is 2.43. The van der Waals surface area contributed by atoms with Gasteiger partial charge in [0.25, 0.3) is 11.5 Å². The Balaban J connectivity index is 2.55. The Hall–Kier alpha value is -1.69. The third-order valence-corrected chi connectivity index (χ3v) is 2.43. The topological polar surface area (TPSA) is 95.1 Å². The van der Waals surface area contributed by atoms with Crippen molar-refractivity contribution < 1.29 is 9.90 Å². The van der Waals surface area contributed by atoms with Gasteiger partial charge in [0.05, 0.1) is 0 Å². The summed E-state index contributed by atoms with van der Waals surface area (Å²) in [6.07, 6.45) is 0.604. The maximum absolute atomic E-state index is 11.6. The highest BCUT2D eigenvalue weighted by Crippen LogP contribution is 2.17. The maximum atomic E-state index is 11.6. The maximum Gasteiger partial charge on any atom is 0.271 e. The molecule has 0 saturated heterocycles. The highest BCUT2D eigenvalue weighted by Gasteiger charge is 2.18. The van der Waals surface area contributed by atoms with Crippen molar-refractivity contribution in [1.82, 2.24) is 15.5 Å². The van der Waals surface area contributed by atoms with E-state index < -0.39 is 0 Å². The average molecular weight is 239 g/mol. The zero-order valence-corrected chi connectivity index (χ0v) is 9.99. The summed E-state index contributed by atoms with van der Waals surface area (Å²) in [5, 5.41) is 17.4. The van der Waals surface area contributed by atoms with E-state index in [4.69, 9.17) is 5.11 Å². The van der Waals surface area contributed by atoms with E-state index in [1.165, 1.54) is 12.1 Å². The number of H-pyrrole nitrogens is 1. The third kappa shape index (κ3) is 4.36. The second-order valence-electron chi connectivity index (χ2n) is 4.63. The number of carbonyl (C=O) groups excluding carboxylic acids is 1. The fourth-order valence-electron chi connectivity index (χ4n) is 1.27. The molecule has 0 aromatic carbocycles. The van der Waals surface area contributed by atoms with Crippen molar-refractivity contribution in [3.05, 3.63) is 28.2 Å². The largest absolute Gasteiger partial charge is 0.396 e. The van der Waals surface area contributed by atoms with Crippen molar-refractivity contribution in [2.24, 2.45) is 5.41 Å². The van der Waals surface area contributed by atoms with Gasteiger partial charge in [0.2, 0.25) is 0 Å². The predicted molar refractivity (Wildman–Crippen MR) is 62.7 cm³/mol. The van der Waals surface area contributed by atoms with Gasteiger partial charge in [-0.3, -0.25) is 9.59 Å². The zero-order valence-electron chi connectivity index (χ0n) is 9.99. The fraction of sp³-hybridized carbons (Fsp3) is 0.545.